The van der Waals surface area contributed by atoms with E-state index in [1.165, 1.54) is 6.26 Å². The first-order valence-electron chi connectivity index (χ1n) is 5.71. The Morgan fingerprint density at radius 1 is 1.05 bits per heavy atom. The first-order chi connectivity index (χ1) is 8.95. The van der Waals surface area contributed by atoms with Gasteiger partial charge in [0, 0.05) is 17.5 Å². The summed E-state index contributed by atoms with van der Waals surface area (Å²) < 4.78 is 22.9. The second kappa shape index (κ2) is 5.25. The van der Waals surface area contributed by atoms with Gasteiger partial charge in [-0.2, -0.15) is 0 Å². The molecule has 0 saturated heterocycles. The number of hydrogen-bond acceptors (Lipinski definition) is 3. The molecule has 19 heavy (non-hydrogen) atoms. The first kappa shape index (κ1) is 13.3. The number of aromatic nitrogens is 1. The van der Waals surface area contributed by atoms with Crippen LogP contribution in [-0.2, 0) is 9.84 Å². The minimum Gasteiger partial charge on any atom is -0.245 e. The van der Waals surface area contributed by atoms with Gasteiger partial charge in [-0.25, -0.2) is 13.4 Å². The van der Waals surface area contributed by atoms with Gasteiger partial charge in [0.1, 0.15) is 5.69 Å². The number of benzene rings is 1. The van der Waals surface area contributed by atoms with Crippen LogP contribution >= 0.6 is 0 Å². The van der Waals surface area contributed by atoms with Crippen LogP contribution in [0.4, 0.5) is 0 Å². The van der Waals surface area contributed by atoms with Crippen molar-refractivity contribution >= 4 is 9.84 Å². The largest absolute Gasteiger partial charge is 0.245 e. The van der Waals surface area contributed by atoms with Crippen LogP contribution in [0.15, 0.2) is 47.4 Å². The molecule has 0 radical (unpaired) electrons. The Morgan fingerprint density at radius 3 is 2.47 bits per heavy atom. The van der Waals surface area contributed by atoms with Crippen LogP contribution < -0.4 is 0 Å². The van der Waals surface area contributed by atoms with E-state index in [4.69, 9.17) is 0 Å². The smallest absolute Gasteiger partial charge is 0.175 e. The molecule has 1 heterocycles. The number of hydrogen-bond donors (Lipinski definition) is 0. The van der Waals surface area contributed by atoms with Crippen molar-refractivity contribution in [1.29, 1.82) is 0 Å². The molecular formula is C15H13NO2S. The maximum absolute atomic E-state index is 11.4. The lowest BCUT2D eigenvalue weighted by Gasteiger charge is -1.98. The van der Waals surface area contributed by atoms with Crippen molar-refractivity contribution in [3.63, 3.8) is 0 Å². The Kier molecular flexibility index (Phi) is 3.68. The van der Waals surface area contributed by atoms with E-state index in [0.29, 0.717) is 11.3 Å². The van der Waals surface area contributed by atoms with Crippen LogP contribution in [0.25, 0.3) is 0 Å². The Labute approximate surface area is 113 Å². The lowest BCUT2D eigenvalue weighted by atomic mass is 10.2. The summed E-state index contributed by atoms with van der Waals surface area (Å²) in [6, 6.07) is 12.2. The van der Waals surface area contributed by atoms with E-state index in [0.717, 1.165) is 5.69 Å². The second-order valence-corrected chi connectivity index (χ2v) is 6.23. The highest BCUT2D eigenvalue weighted by atomic mass is 32.2. The summed E-state index contributed by atoms with van der Waals surface area (Å²) in [5.74, 6) is 5.85. The summed E-state index contributed by atoms with van der Waals surface area (Å²) in [5, 5.41) is 0. The lowest BCUT2D eigenvalue weighted by molar-refractivity contribution is 0.602. The Morgan fingerprint density at radius 2 is 1.79 bits per heavy atom. The number of rotatable bonds is 1. The van der Waals surface area contributed by atoms with E-state index in [2.05, 4.69) is 16.8 Å². The average molecular weight is 271 g/mol. The van der Waals surface area contributed by atoms with E-state index in [-0.39, 0.29) is 4.90 Å². The van der Waals surface area contributed by atoms with Crippen molar-refractivity contribution < 1.29 is 8.42 Å². The summed E-state index contributed by atoms with van der Waals surface area (Å²) in [6.07, 6.45) is 1.18. The zero-order valence-electron chi connectivity index (χ0n) is 10.7. The van der Waals surface area contributed by atoms with Crippen molar-refractivity contribution in [1.82, 2.24) is 4.98 Å². The van der Waals surface area contributed by atoms with Gasteiger partial charge in [-0.15, -0.1) is 0 Å². The second-order valence-electron chi connectivity index (χ2n) is 4.21. The topological polar surface area (TPSA) is 47.0 Å². The molecule has 0 spiro atoms. The zero-order chi connectivity index (χ0) is 13.9. The molecule has 0 unspecified atom stereocenters. The van der Waals surface area contributed by atoms with Crippen LogP contribution in [0.1, 0.15) is 17.0 Å². The maximum Gasteiger partial charge on any atom is 0.175 e. The molecule has 0 fully saturated rings. The highest BCUT2D eigenvalue weighted by molar-refractivity contribution is 7.90. The van der Waals surface area contributed by atoms with Crippen LogP contribution in [-0.4, -0.2) is 19.7 Å². The quantitative estimate of drug-likeness (QED) is 0.747. The van der Waals surface area contributed by atoms with Crippen LogP contribution in [0.2, 0.25) is 0 Å². The molecule has 2 rings (SSSR count). The van der Waals surface area contributed by atoms with Gasteiger partial charge in [0.15, 0.2) is 9.84 Å². The summed E-state index contributed by atoms with van der Waals surface area (Å²) in [6.45, 7) is 1.90. The number of aryl methyl sites for hydroxylation is 1. The van der Waals surface area contributed by atoms with E-state index in [1.54, 1.807) is 24.3 Å². The third-order valence-corrected chi connectivity index (χ3v) is 3.60. The van der Waals surface area contributed by atoms with Crippen molar-refractivity contribution in [3.05, 3.63) is 59.4 Å². The van der Waals surface area contributed by atoms with Crippen LogP contribution in [0, 0.1) is 18.8 Å². The molecule has 1 aromatic heterocycles. The molecule has 96 valence electrons. The highest BCUT2D eigenvalue weighted by Gasteiger charge is 2.06. The van der Waals surface area contributed by atoms with Crippen LogP contribution in [0.3, 0.4) is 0 Å². The molecule has 4 heteroatoms. The summed E-state index contributed by atoms with van der Waals surface area (Å²) in [4.78, 5) is 4.54. The SMILES string of the molecule is Cc1cccc(C#Cc2cccc(S(C)(=O)=O)c2)n1. The highest BCUT2D eigenvalue weighted by Crippen LogP contribution is 2.10. The summed E-state index contributed by atoms with van der Waals surface area (Å²) in [7, 11) is -3.20. The Balaban J connectivity index is 2.35. The molecule has 0 aliphatic rings. The molecule has 0 N–H and O–H groups in total. The monoisotopic (exact) mass is 271 g/mol. The van der Waals surface area contributed by atoms with Crippen molar-refractivity contribution in [2.24, 2.45) is 0 Å². The molecule has 2 aromatic rings. The number of nitrogens with zero attached hydrogens (tertiary/aromatic N) is 1. The predicted molar refractivity (Wildman–Crippen MR) is 74.5 cm³/mol. The lowest BCUT2D eigenvalue weighted by Crippen LogP contribution is -1.96. The standard InChI is InChI=1S/C15H13NO2S/c1-12-5-3-7-14(16-12)10-9-13-6-4-8-15(11-13)19(2,17)18/h3-8,11H,1-2H3. The molecule has 1 aromatic carbocycles. The number of sulfone groups is 1. The molecular weight excluding hydrogens is 258 g/mol. The Hall–Kier alpha value is -2.12. The molecule has 0 amide bonds. The molecule has 3 nitrogen and oxygen atoms in total. The van der Waals surface area contributed by atoms with Gasteiger partial charge in [-0.1, -0.05) is 18.1 Å². The third-order valence-electron chi connectivity index (χ3n) is 2.49. The van der Waals surface area contributed by atoms with E-state index < -0.39 is 9.84 Å². The van der Waals surface area contributed by atoms with E-state index in [9.17, 15) is 8.42 Å². The zero-order valence-corrected chi connectivity index (χ0v) is 11.5. The normalized spacial score (nSPS) is 10.6. The minimum absolute atomic E-state index is 0.275. The van der Waals surface area contributed by atoms with Crippen molar-refractivity contribution in [2.75, 3.05) is 6.26 Å². The summed E-state index contributed by atoms with van der Waals surface area (Å²) >= 11 is 0. The van der Waals surface area contributed by atoms with E-state index >= 15 is 0 Å². The van der Waals surface area contributed by atoms with Gasteiger partial charge >= 0.3 is 0 Å². The first-order valence-corrected chi connectivity index (χ1v) is 7.60. The van der Waals surface area contributed by atoms with Crippen molar-refractivity contribution in [2.45, 2.75) is 11.8 Å². The van der Waals surface area contributed by atoms with E-state index in [1.807, 2.05) is 25.1 Å². The maximum atomic E-state index is 11.4. The molecule has 0 atom stereocenters. The summed E-state index contributed by atoms with van der Waals surface area (Å²) in [5.41, 5.74) is 2.23. The molecule has 0 aliphatic carbocycles. The van der Waals surface area contributed by atoms with Gasteiger partial charge in [0.05, 0.1) is 4.90 Å². The predicted octanol–water partition coefficient (Wildman–Crippen LogP) is 2.19. The fraction of sp³-hybridized carbons (Fsp3) is 0.133. The fourth-order valence-electron chi connectivity index (χ4n) is 1.55. The van der Waals surface area contributed by atoms with Crippen molar-refractivity contribution in [3.8, 4) is 11.8 Å². The van der Waals surface area contributed by atoms with Gasteiger partial charge < -0.3 is 0 Å². The molecule has 0 aliphatic heterocycles. The number of pyridine rings is 1. The van der Waals surface area contributed by atoms with Gasteiger partial charge in [-0.3, -0.25) is 0 Å². The van der Waals surface area contributed by atoms with Crippen LogP contribution in [0.5, 0.6) is 0 Å². The fourth-order valence-corrected chi connectivity index (χ4v) is 2.22. The average Bonchev–Trinajstić information content (AvgIpc) is 2.36. The van der Waals surface area contributed by atoms with Gasteiger partial charge in [0.2, 0.25) is 0 Å². The minimum atomic E-state index is -3.20. The molecule has 0 bridgehead atoms. The molecule has 0 saturated carbocycles. The Bertz CT molecular complexity index is 768. The third kappa shape index (κ3) is 3.67. The van der Waals surface area contributed by atoms with Gasteiger partial charge in [-0.05, 0) is 43.2 Å². The van der Waals surface area contributed by atoms with Gasteiger partial charge in [0.25, 0.3) is 0 Å².